The smallest absolute Gasteiger partial charge is 0.126 e. The standard InChI is InChI=1S/C24H26ClF2N5/c25-21-14-30-24(31-19-6-4-15(12-28)5-7-19)11-20(21)22-2-1-3-23(32-22)29-13-16-8-17(26)10-18(27)9-16/h1-3,8-11,14-15,19H,4-7,12-13,28H2,(H,29,32)(H,30,31)/t15-,19-. The molecule has 1 aliphatic rings. The van der Waals surface area contributed by atoms with Crippen LogP contribution in [0.2, 0.25) is 5.02 Å². The fourth-order valence-electron chi connectivity index (χ4n) is 4.05. The second-order valence-corrected chi connectivity index (χ2v) is 8.59. The summed E-state index contributed by atoms with van der Waals surface area (Å²) in [5.74, 6) is 0.739. The van der Waals surface area contributed by atoms with Crippen LogP contribution >= 0.6 is 11.6 Å². The molecule has 2 aromatic heterocycles. The molecule has 8 heteroatoms. The number of nitrogens with one attached hydrogen (secondary N) is 2. The maximum Gasteiger partial charge on any atom is 0.126 e. The summed E-state index contributed by atoms with van der Waals surface area (Å²) in [6, 6.07) is 11.2. The third-order valence-electron chi connectivity index (χ3n) is 5.81. The first kappa shape index (κ1) is 22.4. The van der Waals surface area contributed by atoms with Gasteiger partial charge in [0.2, 0.25) is 0 Å². The molecular formula is C24H26ClF2N5. The van der Waals surface area contributed by atoms with Crippen molar-refractivity contribution in [2.75, 3.05) is 17.2 Å². The van der Waals surface area contributed by atoms with Gasteiger partial charge in [-0.05, 0) is 74.0 Å². The maximum atomic E-state index is 13.4. The maximum absolute atomic E-state index is 13.4. The fraction of sp³-hybridized carbons (Fsp3) is 0.333. The topological polar surface area (TPSA) is 75.9 Å². The Morgan fingerprint density at radius 1 is 1.00 bits per heavy atom. The van der Waals surface area contributed by atoms with E-state index in [0.717, 1.165) is 49.7 Å². The zero-order valence-corrected chi connectivity index (χ0v) is 18.4. The quantitative estimate of drug-likeness (QED) is 0.429. The highest BCUT2D eigenvalue weighted by molar-refractivity contribution is 6.33. The Hall–Kier alpha value is -2.77. The largest absolute Gasteiger partial charge is 0.367 e. The van der Waals surface area contributed by atoms with E-state index in [1.54, 1.807) is 12.3 Å². The molecule has 0 radical (unpaired) electrons. The molecule has 0 atom stereocenters. The Morgan fingerprint density at radius 3 is 2.47 bits per heavy atom. The van der Waals surface area contributed by atoms with Gasteiger partial charge in [0.1, 0.15) is 23.3 Å². The predicted molar refractivity (Wildman–Crippen MR) is 125 cm³/mol. The average Bonchev–Trinajstić information content (AvgIpc) is 2.79. The van der Waals surface area contributed by atoms with Crippen molar-refractivity contribution in [3.05, 3.63) is 70.9 Å². The molecular weight excluding hydrogens is 432 g/mol. The van der Waals surface area contributed by atoms with Crippen LogP contribution in [0, 0.1) is 17.6 Å². The van der Waals surface area contributed by atoms with Crippen LogP contribution in [-0.2, 0) is 6.54 Å². The third kappa shape index (κ3) is 5.72. The fourth-order valence-corrected chi connectivity index (χ4v) is 4.25. The SMILES string of the molecule is NC[C@H]1CC[C@H](Nc2cc(-c3cccc(NCc4cc(F)cc(F)c4)n3)c(Cl)cn2)CC1. The van der Waals surface area contributed by atoms with E-state index in [-0.39, 0.29) is 6.54 Å². The highest BCUT2D eigenvalue weighted by Gasteiger charge is 2.20. The summed E-state index contributed by atoms with van der Waals surface area (Å²) in [4.78, 5) is 9.05. The third-order valence-corrected chi connectivity index (χ3v) is 6.11. The van der Waals surface area contributed by atoms with Gasteiger partial charge < -0.3 is 16.4 Å². The van der Waals surface area contributed by atoms with Crippen LogP contribution < -0.4 is 16.4 Å². The molecule has 2 heterocycles. The van der Waals surface area contributed by atoms with E-state index in [4.69, 9.17) is 17.3 Å². The van der Waals surface area contributed by atoms with Gasteiger partial charge in [-0.15, -0.1) is 0 Å². The van der Waals surface area contributed by atoms with Gasteiger partial charge >= 0.3 is 0 Å². The highest BCUT2D eigenvalue weighted by atomic mass is 35.5. The number of halogens is 3. The Balaban J connectivity index is 1.46. The second kappa shape index (κ2) is 10.2. The molecule has 4 N–H and O–H groups in total. The summed E-state index contributed by atoms with van der Waals surface area (Å²) >= 11 is 6.42. The van der Waals surface area contributed by atoms with Gasteiger partial charge in [-0.2, -0.15) is 0 Å². The van der Waals surface area contributed by atoms with E-state index < -0.39 is 11.6 Å². The molecule has 0 amide bonds. The van der Waals surface area contributed by atoms with Crippen LogP contribution in [0.15, 0.2) is 48.7 Å². The van der Waals surface area contributed by atoms with E-state index in [9.17, 15) is 8.78 Å². The van der Waals surface area contributed by atoms with Gasteiger partial charge in [0, 0.05) is 30.4 Å². The molecule has 0 unspecified atom stereocenters. The van der Waals surface area contributed by atoms with Gasteiger partial charge in [-0.3, -0.25) is 0 Å². The van der Waals surface area contributed by atoms with Crippen molar-refractivity contribution in [1.29, 1.82) is 0 Å². The second-order valence-electron chi connectivity index (χ2n) is 8.19. The average molecular weight is 458 g/mol. The zero-order chi connectivity index (χ0) is 22.5. The summed E-state index contributed by atoms with van der Waals surface area (Å²) in [6.45, 7) is 0.994. The minimum Gasteiger partial charge on any atom is -0.367 e. The number of pyridine rings is 2. The number of hydrogen-bond acceptors (Lipinski definition) is 5. The molecule has 1 aromatic carbocycles. The lowest BCUT2D eigenvalue weighted by atomic mass is 9.86. The van der Waals surface area contributed by atoms with Crippen molar-refractivity contribution < 1.29 is 8.78 Å². The van der Waals surface area contributed by atoms with Crippen molar-refractivity contribution >= 4 is 23.2 Å². The molecule has 5 nitrogen and oxygen atoms in total. The Kier molecular flexibility index (Phi) is 7.17. The van der Waals surface area contributed by atoms with Crippen LogP contribution in [0.4, 0.5) is 20.4 Å². The van der Waals surface area contributed by atoms with Crippen molar-refractivity contribution in [2.45, 2.75) is 38.3 Å². The number of nitrogens with zero attached hydrogens (tertiary/aromatic N) is 2. The number of benzene rings is 1. The van der Waals surface area contributed by atoms with E-state index >= 15 is 0 Å². The summed E-state index contributed by atoms with van der Waals surface area (Å²) in [6.07, 6.45) is 6.01. The first-order valence-corrected chi connectivity index (χ1v) is 11.2. The lowest BCUT2D eigenvalue weighted by Gasteiger charge is -2.28. The Labute approximate surface area is 191 Å². The number of hydrogen-bond donors (Lipinski definition) is 3. The van der Waals surface area contributed by atoms with E-state index in [2.05, 4.69) is 20.6 Å². The Morgan fingerprint density at radius 2 is 1.75 bits per heavy atom. The Bertz CT molecular complexity index is 1050. The van der Waals surface area contributed by atoms with E-state index in [1.165, 1.54) is 12.1 Å². The van der Waals surface area contributed by atoms with Gasteiger partial charge in [0.25, 0.3) is 0 Å². The molecule has 1 aliphatic carbocycles. The number of nitrogens with two attached hydrogens (primary N) is 1. The van der Waals surface area contributed by atoms with Crippen molar-refractivity contribution in [3.63, 3.8) is 0 Å². The molecule has 4 rings (SSSR count). The van der Waals surface area contributed by atoms with Crippen molar-refractivity contribution in [1.82, 2.24) is 9.97 Å². The van der Waals surface area contributed by atoms with E-state index in [0.29, 0.717) is 34.1 Å². The normalized spacial score (nSPS) is 18.4. The lowest BCUT2D eigenvalue weighted by Crippen LogP contribution is -2.29. The molecule has 3 aromatic rings. The highest BCUT2D eigenvalue weighted by Crippen LogP contribution is 2.31. The van der Waals surface area contributed by atoms with Crippen LogP contribution in [0.1, 0.15) is 31.2 Å². The summed E-state index contributed by atoms with van der Waals surface area (Å²) in [7, 11) is 0. The predicted octanol–water partition coefficient (Wildman–Crippen LogP) is 5.62. The minimum atomic E-state index is -0.608. The van der Waals surface area contributed by atoms with Gasteiger partial charge in [-0.25, -0.2) is 18.7 Å². The van der Waals surface area contributed by atoms with Crippen molar-refractivity contribution in [3.8, 4) is 11.3 Å². The molecule has 0 spiro atoms. The number of anilines is 2. The van der Waals surface area contributed by atoms with Gasteiger partial charge in [0.05, 0.1) is 10.7 Å². The van der Waals surface area contributed by atoms with Crippen LogP contribution in [0.3, 0.4) is 0 Å². The first-order chi connectivity index (χ1) is 15.5. The number of aromatic nitrogens is 2. The molecule has 1 fully saturated rings. The molecule has 0 saturated heterocycles. The molecule has 0 aliphatic heterocycles. The van der Waals surface area contributed by atoms with Crippen LogP contribution in [-0.4, -0.2) is 22.6 Å². The summed E-state index contributed by atoms with van der Waals surface area (Å²) in [5.41, 5.74) is 7.73. The minimum absolute atomic E-state index is 0.244. The van der Waals surface area contributed by atoms with Crippen LogP contribution in [0.25, 0.3) is 11.3 Å². The van der Waals surface area contributed by atoms with Gasteiger partial charge in [0.15, 0.2) is 0 Å². The van der Waals surface area contributed by atoms with Crippen LogP contribution in [0.5, 0.6) is 0 Å². The van der Waals surface area contributed by atoms with E-state index in [1.807, 2.05) is 18.2 Å². The molecule has 1 saturated carbocycles. The lowest BCUT2D eigenvalue weighted by molar-refractivity contribution is 0.344. The molecule has 168 valence electrons. The number of rotatable bonds is 7. The zero-order valence-electron chi connectivity index (χ0n) is 17.6. The summed E-state index contributed by atoms with van der Waals surface area (Å²) < 4.78 is 26.8. The molecule has 32 heavy (non-hydrogen) atoms. The first-order valence-electron chi connectivity index (χ1n) is 10.8. The van der Waals surface area contributed by atoms with Crippen molar-refractivity contribution in [2.24, 2.45) is 11.7 Å². The molecule has 0 bridgehead atoms. The summed E-state index contributed by atoms with van der Waals surface area (Å²) in [5, 5.41) is 7.11. The van der Waals surface area contributed by atoms with Gasteiger partial charge in [-0.1, -0.05) is 17.7 Å². The monoisotopic (exact) mass is 457 g/mol.